The molecule has 0 amide bonds. The molecule has 1 aromatic rings. The van der Waals surface area contributed by atoms with Crippen LogP contribution in [0.15, 0.2) is 17.2 Å². The fourth-order valence-electron chi connectivity index (χ4n) is 1.97. The number of rotatable bonds is 4. The van der Waals surface area contributed by atoms with E-state index in [4.69, 9.17) is 17.4 Å². The highest BCUT2D eigenvalue weighted by atomic mass is 35.5. The third-order valence-corrected chi connectivity index (χ3v) is 6.64. The van der Waals surface area contributed by atoms with Gasteiger partial charge in [0.15, 0.2) is 5.82 Å². The van der Waals surface area contributed by atoms with Gasteiger partial charge >= 0.3 is 0 Å². The summed E-state index contributed by atoms with van der Waals surface area (Å²) < 4.78 is 26.6. The van der Waals surface area contributed by atoms with Crippen molar-refractivity contribution in [2.75, 3.05) is 24.3 Å². The zero-order valence-corrected chi connectivity index (χ0v) is 13.4. The molecule has 0 saturated carbocycles. The summed E-state index contributed by atoms with van der Waals surface area (Å²) in [5.74, 6) is 6.29. The lowest BCUT2D eigenvalue weighted by Crippen LogP contribution is -2.41. The molecule has 1 atom stereocenters. The van der Waals surface area contributed by atoms with E-state index < -0.39 is 10.0 Å². The molecule has 2 heterocycles. The highest BCUT2D eigenvalue weighted by molar-refractivity contribution is 8.00. The first-order valence-electron chi connectivity index (χ1n) is 6.23. The maximum Gasteiger partial charge on any atom is 0.244 e. The fraction of sp³-hybridized carbons (Fsp3) is 0.545. The molecule has 0 aromatic carbocycles. The van der Waals surface area contributed by atoms with Gasteiger partial charge in [0.25, 0.3) is 0 Å². The van der Waals surface area contributed by atoms with E-state index in [9.17, 15) is 8.42 Å². The van der Waals surface area contributed by atoms with E-state index in [1.807, 2.05) is 11.8 Å². The number of nitrogen functional groups attached to an aromatic ring is 1. The summed E-state index contributed by atoms with van der Waals surface area (Å²) in [5.41, 5.74) is 2.31. The molecule has 0 bridgehead atoms. The molecule has 1 aliphatic rings. The molecule has 0 spiro atoms. The number of sulfonamides is 1. The first-order valence-corrected chi connectivity index (χ1v) is 9.09. The maximum atomic E-state index is 12.6. The van der Waals surface area contributed by atoms with Crippen molar-refractivity contribution in [1.29, 1.82) is 0 Å². The van der Waals surface area contributed by atoms with Crippen LogP contribution in [0, 0.1) is 0 Å². The highest BCUT2D eigenvalue weighted by Crippen LogP contribution is 2.28. The highest BCUT2D eigenvalue weighted by Gasteiger charge is 2.30. The third kappa shape index (κ3) is 3.20. The van der Waals surface area contributed by atoms with E-state index in [0.717, 1.165) is 12.2 Å². The molecule has 1 fully saturated rings. The molecule has 0 radical (unpaired) electrons. The van der Waals surface area contributed by atoms with Crippen LogP contribution in [0.5, 0.6) is 0 Å². The monoisotopic (exact) mass is 336 g/mol. The number of hydrogen-bond acceptors (Lipinski definition) is 6. The van der Waals surface area contributed by atoms with Crippen LogP contribution in [0.1, 0.15) is 13.3 Å². The van der Waals surface area contributed by atoms with Gasteiger partial charge in [0.05, 0.1) is 5.02 Å². The largest absolute Gasteiger partial charge is 0.307 e. The van der Waals surface area contributed by atoms with Gasteiger partial charge in [0, 0.05) is 30.3 Å². The number of hydrazine groups is 1. The zero-order chi connectivity index (χ0) is 14.8. The van der Waals surface area contributed by atoms with Crippen molar-refractivity contribution in [2.24, 2.45) is 5.84 Å². The van der Waals surface area contributed by atoms with Crippen molar-refractivity contribution < 1.29 is 8.42 Å². The Morgan fingerprint density at radius 2 is 2.40 bits per heavy atom. The Hall–Kier alpha value is -0.540. The van der Waals surface area contributed by atoms with Crippen LogP contribution in [-0.2, 0) is 10.0 Å². The molecule has 1 saturated heterocycles. The van der Waals surface area contributed by atoms with Crippen molar-refractivity contribution in [2.45, 2.75) is 23.5 Å². The summed E-state index contributed by atoms with van der Waals surface area (Å²) in [6.07, 6.45) is 2.23. The van der Waals surface area contributed by atoms with Crippen molar-refractivity contribution in [3.63, 3.8) is 0 Å². The summed E-state index contributed by atoms with van der Waals surface area (Å²) in [6.45, 7) is 3.10. The van der Waals surface area contributed by atoms with E-state index in [-0.39, 0.29) is 15.7 Å². The molecule has 6 nitrogen and oxygen atoms in total. The predicted octanol–water partition coefficient (Wildman–Crippen LogP) is 1.54. The molecule has 1 aliphatic heterocycles. The van der Waals surface area contributed by atoms with Crippen molar-refractivity contribution in [3.8, 4) is 0 Å². The van der Waals surface area contributed by atoms with Gasteiger partial charge in [-0.15, -0.1) is 0 Å². The molecule has 2 rings (SSSR count). The first kappa shape index (κ1) is 15.8. The lowest BCUT2D eigenvalue weighted by atomic mass is 10.3. The average Bonchev–Trinajstić information content (AvgIpc) is 2.47. The van der Waals surface area contributed by atoms with Crippen molar-refractivity contribution >= 4 is 39.2 Å². The van der Waals surface area contributed by atoms with E-state index in [0.29, 0.717) is 18.3 Å². The second-order valence-electron chi connectivity index (χ2n) is 4.41. The quantitative estimate of drug-likeness (QED) is 0.640. The molecule has 20 heavy (non-hydrogen) atoms. The Balaban J connectivity index is 2.28. The summed E-state index contributed by atoms with van der Waals surface area (Å²) in [6, 6.07) is 1.38. The Kier molecular flexibility index (Phi) is 5.14. The Bertz CT molecular complexity index is 582. The average molecular weight is 337 g/mol. The van der Waals surface area contributed by atoms with Crippen LogP contribution < -0.4 is 11.3 Å². The van der Waals surface area contributed by atoms with Gasteiger partial charge in [-0.25, -0.2) is 19.2 Å². The molecule has 112 valence electrons. The molecule has 1 aromatic heterocycles. The fourth-order valence-corrected chi connectivity index (χ4v) is 5.11. The van der Waals surface area contributed by atoms with E-state index in [1.54, 1.807) is 0 Å². The standard InChI is InChI=1S/C11H17ClN4O2S2/c1-2-8-7-16(3-4-19-8)20(17,18)9-5-10(12)11(15-13)14-6-9/h5-6,8H,2-4,7,13H2,1H3,(H,14,15). The number of nitrogens with two attached hydrogens (primary N) is 1. The molecular formula is C11H17ClN4O2S2. The van der Waals surface area contributed by atoms with Crippen LogP contribution in [0.3, 0.4) is 0 Å². The second kappa shape index (κ2) is 6.48. The van der Waals surface area contributed by atoms with Crippen molar-refractivity contribution in [3.05, 3.63) is 17.3 Å². The molecule has 0 aliphatic carbocycles. The first-order chi connectivity index (χ1) is 9.48. The summed E-state index contributed by atoms with van der Waals surface area (Å²) in [7, 11) is -3.55. The molecule has 9 heteroatoms. The summed E-state index contributed by atoms with van der Waals surface area (Å²) in [5, 5.41) is 0.527. The van der Waals surface area contributed by atoms with Crippen LogP contribution in [0.2, 0.25) is 5.02 Å². The second-order valence-corrected chi connectivity index (χ2v) is 8.16. The number of halogens is 1. The third-order valence-electron chi connectivity index (χ3n) is 3.15. The number of nitrogens with zero attached hydrogens (tertiary/aromatic N) is 2. The topological polar surface area (TPSA) is 88.3 Å². The minimum atomic E-state index is -3.55. The summed E-state index contributed by atoms with van der Waals surface area (Å²) in [4.78, 5) is 4.02. The minimum absolute atomic E-state index is 0.100. The van der Waals surface area contributed by atoms with E-state index in [2.05, 4.69) is 17.3 Å². The van der Waals surface area contributed by atoms with Gasteiger partial charge < -0.3 is 5.43 Å². The van der Waals surface area contributed by atoms with Crippen LogP contribution in [-0.4, -0.2) is 41.8 Å². The summed E-state index contributed by atoms with van der Waals surface area (Å²) >= 11 is 7.75. The Morgan fingerprint density at radius 1 is 1.65 bits per heavy atom. The van der Waals surface area contributed by atoms with Crippen molar-refractivity contribution in [1.82, 2.24) is 9.29 Å². The minimum Gasteiger partial charge on any atom is -0.307 e. The maximum absolute atomic E-state index is 12.6. The number of anilines is 1. The number of hydrogen-bond donors (Lipinski definition) is 2. The number of pyridine rings is 1. The van der Waals surface area contributed by atoms with Gasteiger partial charge in [-0.05, 0) is 12.5 Å². The van der Waals surface area contributed by atoms with Gasteiger partial charge in [-0.1, -0.05) is 18.5 Å². The van der Waals surface area contributed by atoms with E-state index in [1.165, 1.54) is 16.6 Å². The smallest absolute Gasteiger partial charge is 0.244 e. The van der Waals surface area contributed by atoms with E-state index >= 15 is 0 Å². The van der Waals surface area contributed by atoms with Gasteiger partial charge in [-0.3, -0.25) is 0 Å². The Morgan fingerprint density at radius 3 is 3.00 bits per heavy atom. The van der Waals surface area contributed by atoms with Gasteiger partial charge in [-0.2, -0.15) is 16.1 Å². The molecule has 3 N–H and O–H groups in total. The lowest BCUT2D eigenvalue weighted by molar-refractivity contribution is 0.416. The number of nitrogens with one attached hydrogen (secondary N) is 1. The normalized spacial score (nSPS) is 20.9. The van der Waals surface area contributed by atoms with Crippen LogP contribution >= 0.6 is 23.4 Å². The van der Waals surface area contributed by atoms with Gasteiger partial charge in [0.2, 0.25) is 10.0 Å². The molecule has 1 unspecified atom stereocenters. The zero-order valence-electron chi connectivity index (χ0n) is 11.0. The Labute approximate surface area is 128 Å². The SMILES string of the molecule is CCC1CN(S(=O)(=O)c2cnc(NN)c(Cl)c2)CCS1. The molecular weight excluding hydrogens is 320 g/mol. The lowest BCUT2D eigenvalue weighted by Gasteiger charge is -2.31. The van der Waals surface area contributed by atoms with Crippen LogP contribution in [0.4, 0.5) is 5.82 Å². The number of thioether (sulfide) groups is 1. The predicted molar refractivity (Wildman–Crippen MR) is 82.4 cm³/mol. The van der Waals surface area contributed by atoms with Crippen LogP contribution in [0.25, 0.3) is 0 Å². The van der Waals surface area contributed by atoms with Gasteiger partial charge in [0.1, 0.15) is 4.90 Å². The number of aromatic nitrogens is 1.